The highest BCUT2D eigenvalue weighted by Crippen LogP contribution is 2.51. The monoisotopic (exact) mass is 1760 g/mol. The van der Waals surface area contributed by atoms with E-state index in [4.69, 9.17) is 67.8 Å². The number of aliphatic hydroxyl groups is 6. The number of nitrogens with one attached hydrogen (secondary N) is 6. The van der Waals surface area contributed by atoms with Crippen LogP contribution < -0.4 is 61.7 Å². The number of sulfonamides is 1. The van der Waals surface area contributed by atoms with E-state index in [9.17, 15) is 73.9 Å². The molecule has 7 aliphatic rings. The lowest BCUT2D eigenvalue weighted by Gasteiger charge is -2.47. The van der Waals surface area contributed by atoms with Crippen LogP contribution in [0.4, 0.5) is 0 Å². The van der Waals surface area contributed by atoms with Crippen LogP contribution in [-0.4, -0.2) is 200 Å². The van der Waals surface area contributed by atoms with Gasteiger partial charge in [0.25, 0.3) is 0 Å². The summed E-state index contributed by atoms with van der Waals surface area (Å²) in [6, 6.07) is 10.1. The molecule has 38 heteroatoms. The number of phenolic OH excluding ortho intramolecular Hbond substituents is 3. The van der Waals surface area contributed by atoms with E-state index in [0.717, 1.165) is 80.3 Å². The molecule has 0 aromatic heterocycles. The molecule has 122 heavy (non-hydrogen) atoms. The molecule has 5 amide bonds. The number of ether oxygens (including phenoxy) is 7. The van der Waals surface area contributed by atoms with Crippen molar-refractivity contribution in [3.05, 3.63) is 140 Å². The third kappa shape index (κ3) is 21.3. The van der Waals surface area contributed by atoms with Crippen LogP contribution in [0.5, 0.6) is 51.7 Å². The Morgan fingerprint density at radius 1 is 0.730 bits per heavy atom. The fraction of sp³-hybridized carbons (Fsp3) is 0.476. The average Bonchev–Trinajstić information content (AvgIpc) is 0.756. The van der Waals surface area contributed by atoms with Gasteiger partial charge in [0, 0.05) is 73.5 Å². The van der Waals surface area contributed by atoms with Gasteiger partial charge in [-0.1, -0.05) is 88.4 Å². The van der Waals surface area contributed by atoms with E-state index < -0.39 is 271 Å². The summed E-state index contributed by atoms with van der Waals surface area (Å²) in [6.07, 6.45) is -16.5. The van der Waals surface area contributed by atoms with Crippen LogP contribution in [0.2, 0.25) is 10.0 Å². The fourth-order valence-corrected chi connectivity index (χ4v) is 17.0. The second kappa shape index (κ2) is 39.8. The van der Waals surface area contributed by atoms with Crippen molar-refractivity contribution in [2.45, 2.75) is 214 Å². The van der Waals surface area contributed by atoms with E-state index in [1.54, 1.807) is 6.92 Å². The van der Waals surface area contributed by atoms with Gasteiger partial charge in [-0.05, 0) is 140 Å². The maximum Gasteiger partial charge on any atom is 0.330 e. The number of rotatable bonds is 26. The minimum absolute atomic E-state index is 0.0394. The van der Waals surface area contributed by atoms with Gasteiger partial charge in [0.15, 0.2) is 41.5 Å². The first-order valence-electron chi connectivity index (χ1n) is 40.0. The summed E-state index contributed by atoms with van der Waals surface area (Å²) >= 11 is 14.3. The van der Waals surface area contributed by atoms with Crippen molar-refractivity contribution in [2.24, 2.45) is 29.2 Å². The number of hydrogen-bond acceptors (Lipinski definition) is 28. The molecule has 11 bridgehead atoms. The molecule has 660 valence electrons. The minimum atomic E-state index is -4.13. The van der Waals surface area contributed by atoms with Crippen molar-refractivity contribution in [2.75, 3.05) is 26.3 Å². The Balaban J connectivity index is 1.08. The first-order valence-corrected chi connectivity index (χ1v) is 42.2. The third-order valence-corrected chi connectivity index (χ3v) is 24.3. The molecular weight excluding hydrogens is 1660 g/mol. The Labute approximate surface area is 712 Å². The number of aromatic hydroxyl groups is 3. The normalized spacial score (nSPS) is 26.6. The van der Waals surface area contributed by atoms with Gasteiger partial charge < -0.3 is 122 Å². The van der Waals surface area contributed by atoms with E-state index in [1.165, 1.54) is 56.3 Å². The topological polar surface area (TPSA) is 562 Å². The lowest BCUT2D eigenvalue weighted by molar-refractivity contribution is -0.333. The van der Waals surface area contributed by atoms with Crippen molar-refractivity contribution >= 4 is 80.3 Å². The molecule has 20 N–H and O–H groups in total. The van der Waals surface area contributed by atoms with E-state index >= 15 is 24.0 Å². The number of halogens is 2. The highest BCUT2D eigenvalue weighted by molar-refractivity contribution is 7.89. The average molecular weight is 1760 g/mol. The number of phenols is 3. The second-order valence-electron chi connectivity index (χ2n) is 31.8. The number of primary amides is 1. The number of carbonyl (C=O) groups is 8. The zero-order chi connectivity index (χ0) is 88.7. The molecule has 13 rings (SSSR count). The van der Waals surface area contributed by atoms with E-state index in [0.29, 0.717) is 18.8 Å². The SMILES string of the molecule is CCCCCCOc1ccc(S(=O)(=O)NCCNCc2c(O)cc3c(c2O)-c2cc(ccc2O)[C@H]2CC(=O)[C@@H]4NC(=O)[C@H](CC(N)=O)CC(=O)[C@H](NC(=O)[C@H](CC)CC(C)C)[C@H](O)c5ccc(c(Cl)c5)Oc5cc4cc(c5O[C@@H]4O[C@H](CO)[C@@H](O)[C@H](O)[C@H]4O[C@H]4C[C@](C)(N)[C@H](O)[C@H](C)O4)Oc4ccc(cc4Cl)[C@@H](O)[C@H](NC2=O)C(=O)N[C@@H]3C(=O)O)cc1. The Kier molecular flexibility index (Phi) is 30.3. The number of amides is 5. The van der Waals surface area contributed by atoms with Crippen LogP contribution >= 0.6 is 23.2 Å². The van der Waals surface area contributed by atoms with Crippen molar-refractivity contribution in [3.63, 3.8) is 0 Å². The quantitative estimate of drug-likeness (QED) is 0.0296. The minimum Gasteiger partial charge on any atom is -0.507 e. The Bertz CT molecular complexity index is 5010. The summed E-state index contributed by atoms with van der Waals surface area (Å²) in [5.74, 6) is -19.4. The molecule has 2 saturated heterocycles. The predicted octanol–water partition coefficient (Wildman–Crippen LogP) is 5.55. The summed E-state index contributed by atoms with van der Waals surface area (Å²) < 4.78 is 73.9. The standard InChI is InChI=1S/C84H102Cl2N8O27S/c1-7-9-10-11-24-115-46-15-17-47(18-16-46)122(113,114)90-23-22-89-36-51-55(97)34-50-65(72(51)103)49-26-41(12-19-54(49)96)48-33-57(99)66-44-30-60(117-58-20-13-42(27-52(58)85)70(101)68(93-78(107)40(8-2)25-38(3)4)56(98)29-45(32-63(87)100)79(108)91-66)75(121-83-76(74(105)73(104)62(37-95)119-83)120-64-35-84(6,88)77(106)39(5)116-64)61(31-44)118-59-21-14-43(28-53(59)86)71(102)69(94-80(48)109)81(110)92-67(50)82(111)112/h12-21,26-28,30-31,34,38-40,45,48,62,64,66-71,73-74,76-77,83,89-90,95-97,101-106H,7-11,22-25,29,32-33,35-37,88H2,1-6H3,(H2,87,100)(H,91,108)(H,92,110)(H,93,107)(H,94,109)(H,111,112)/t39-,40+,45-,48+,62+,64-,66+,67-,68-,69-,70+,71+,73+,74-,76+,77+,83-,84-/m0/s1. The highest BCUT2D eigenvalue weighted by atomic mass is 35.5. The van der Waals surface area contributed by atoms with Crippen molar-refractivity contribution in [1.82, 2.24) is 31.3 Å². The predicted molar refractivity (Wildman–Crippen MR) is 436 cm³/mol. The van der Waals surface area contributed by atoms with E-state index in [-0.39, 0.29) is 64.2 Å². The maximum atomic E-state index is 16.5. The van der Waals surface area contributed by atoms with Crippen molar-refractivity contribution < 1.29 is 131 Å². The van der Waals surface area contributed by atoms with Gasteiger partial charge in [0.05, 0.1) is 57.8 Å². The van der Waals surface area contributed by atoms with Crippen LogP contribution in [-0.2, 0) is 69.1 Å². The molecule has 35 nitrogen and oxygen atoms in total. The zero-order valence-electron chi connectivity index (χ0n) is 67.5. The summed E-state index contributed by atoms with van der Waals surface area (Å²) in [6.45, 7) is 9.03. The summed E-state index contributed by atoms with van der Waals surface area (Å²) in [5.41, 5.74) is 7.74. The Hall–Kier alpha value is -9.87. The number of carboxylic acid groups (broad SMARTS) is 1. The molecule has 7 heterocycles. The van der Waals surface area contributed by atoms with Crippen LogP contribution in [0.3, 0.4) is 0 Å². The van der Waals surface area contributed by atoms with Gasteiger partial charge in [0.1, 0.15) is 83.1 Å². The van der Waals surface area contributed by atoms with Crippen LogP contribution in [0.25, 0.3) is 11.1 Å². The lowest BCUT2D eigenvalue weighted by Crippen LogP contribution is -2.64. The number of unbranched alkanes of at least 4 members (excludes halogenated alkanes) is 3. The summed E-state index contributed by atoms with van der Waals surface area (Å²) in [5, 5.41) is 130. The van der Waals surface area contributed by atoms with Gasteiger partial charge in [-0.15, -0.1) is 0 Å². The molecule has 18 atom stereocenters. The number of fused-ring (bicyclic) bond motifs is 15. The van der Waals surface area contributed by atoms with Crippen molar-refractivity contribution in [1.29, 1.82) is 0 Å². The molecular formula is C84H102Cl2N8O27S. The highest BCUT2D eigenvalue weighted by Gasteiger charge is 2.52. The Morgan fingerprint density at radius 2 is 1.39 bits per heavy atom. The molecule has 0 aliphatic carbocycles. The second-order valence-corrected chi connectivity index (χ2v) is 34.4. The number of carbonyl (C=O) groups excluding carboxylic acids is 7. The number of ketones is 2. The number of aliphatic carboxylic acids is 1. The number of hydrogen-bond donors (Lipinski definition) is 18. The molecule has 0 spiro atoms. The first kappa shape index (κ1) is 92.8. The van der Waals surface area contributed by atoms with E-state index in [2.05, 4.69) is 38.2 Å². The lowest BCUT2D eigenvalue weighted by atomic mass is 9.84. The van der Waals surface area contributed by atoms with Crippen LogP contribution in [0, 0.1) is 17.8 Å². The number of benzene rings is 6. The Morgan fingerprint density at radius 3 is 1.99 bits per heavy atom. The smallest absolute Gasteiger partial charge is 0.330 e. The third-order valence-electron chi connectivity index (χ3n) is 22.2. The van der Waals surface area contributed by atoms with Gasteiger partial charge in [-0.25, -0.2) is 17.9 Å². The maximum absolute atomic E-state index is 16.5. The van der Waals surface area contributed by atoms with Crippen LogP contribution in [0.15, 0.2) is 102 Å². The van der Waals surface area contributed by atoms with Gasteiger partial charge >= 0.3 is 5.97 Å². The number of nitrogens with two attached hydrogens (primary N) is 2. The largest absolute Gasteiger partial charge is 0.507 e. The summed E-state index contributed by atoms with van der Waals surface area (Å²) in [4.78, 5) is 120. The molecule has 7 aliphatic heterocycles. The summed E-state index contributed by atoms with van der Waals surface area (Å²) in [7, 11) is -4.13. The zero-order valence-corrected chi connectivity index (χ0v) is 69.8. The first-order chi connectivity index (χ1) is 57.8. The van der Waals surface area contributed by atoms with Crippen LogP contribution in [0.1, 0.15) is 169 Å². The molecule has 0 unspecified atom stereocenters. The molecule has 2 fully saturated rings. The van der Waals surface area contributed by atoms with Gasteiger partial charge in [-0.3, -0.25) is 33.6 Å². The van der Waals surface area contributed by atoms with Crippen molar-refractivity contribution in [3.8, 4) is 62.9 Å². The van der Waals surface area contributed by atoms with E-state index in [1.807, 2.05) is 13.8 Å². The number of Topliss-reactive ketones (excluding diaryl/α,β-unsaturated/α-hetero) is 2. The molecule has 6 aromatic rings. The number of aliphatic hydroxyl groups excluding tert-OH is 6. The molecule has 0 radical (unpaired) electrons. The van der Waals surface area contributed by atoms with Gasteiger partial charge in [-0.2, -0.15) is 0 Å². The van der Waals surface area contributed by atoms with Gasteiger partial charge in [0.2, 0.25) is 51.6 Å². The molecule has 6 aromatic carbocycles. The number of carboxylic acids is 1. The fourth-order valence-electron chi connectivity index (χ4n) is 15.5. The molecule has 0 saturated carbocycles.